The maximum atomic E-state index is 6.51. The van der Waals surface area contributed by atoms with E-state index in [1.807, 2.05) is 18.2 Å². The number of piperidine rings is 1. The summed E-state index contributed by atoms with van der Waals surface area (Å²) in [4.78, 5) is 1.25. The molecule has 0 radical (unpaired) electrons. The highest BCUT2D eigenvalue weighted by Crippen LogP contribution is 2.35. The van der Waals surface area contributed by atoms with Crippen LogP contribution in [0.25, 0.3) is 10.8 Å². The molecule has 1 saturated heterocycles. The summed E-state index contributed by atoms with van der Waals surface area (Å²) in [5, 5.41) is 7.64. The van der Waals surface area contributed by atoms with Gasteiger partial charge in [0.05, 0.1) is 46.8 Å². The van der Waals surface area contributed by atoms with Crippen LogP contribution < -0.4 is 19.5 Å². The molecule has 6 nitrogen and oxygen atoms in total. The van der Waals surface area contributed by atoms with Crippen LogP contribution in [0.1, 0.15) is 34.8 Å². The molecule has 7 heteroatoms. The lowest BCUT2D eigenvalue weighted by Gasteiger charge is -2.32. The summed E-state index contributed by atoms with van der Waals surface area (Å²) in [7, 11) is 3.40. The smallest absolute Gasteiger partial charge is 0.127 e. The van der Waals surface area contributed by atoms with Gasteiger partial charge in [-0.1, -0.05) is 30.3 Å². The number of ether oxygens (including phenoxy) is 5. The molecule has 2 unspecified atom stereocenters. The van der Waals surface area contributed by atoms with E-state index in [4.69, 9.17) is 23.7 Å². The van der Waals surface area contributed by atoms with Crippen molar-refractivity contribution < 1.29 is 23.7 Å². The first-order chi connectivity index (χ1) is 19.2. The molecule has 39 heavy (non-hydrogen) atoms. The Bertz CT molecular complexity index is 1310. The normalized spacial score (nSPS) is 17.3. The van der Waals surface area contributed by atoms with E-state index in [9.17, 15) is 0 Å². The summed E-state index contributed by atoms with van der Waals surface area (Å²) in [5.41, 5.74) is 2.35. The van der Waals surface area contributed by atoms with Crippen molar-refractivity contribution in [1.29, 1.82) is 0 Å². The number of thiophene rings is 1. The molecular formula is C32H37NO5S. The van der Waals surface area contributed by atoms with Gasteiger partial charge in [0, 0.05) is 34.5 Å². The molecule has 1 aromatic heterocycles. The Hall–Kier alpha value is -3.10. The summed E-state index contributed by atoms with van der Waals surface area (Å²) in [6.07, 6.45) is 1.97. The molecule has 0 bridgehead atoms. The highest BCUT2D eigenvalue weighted by atomic mass is 32.1. The van der Waals surface area contributed by atoms with Crippen molar-refractivity contribution in [3.8, 4) is 17.2 Å². The molecule has 206 valence electrons. The molecule has 3 aromatic carbocycles. The second-order valence-corrected chi connectivity index (χ2v) is 10.7. The van der Waals surface area contributed by atoms with Gasteiger partial charge in [0.25, 0.3) is 0 Å². The molecule has 0 spiro atoms. The first-order valence-corrected chi connectivity index (χ1v) is 14.4. The van der Waals surface area contributed by atoms with Gasteiger partial charge >= 0.3 is 0 Å². The van der Waals surface area contributed by atoms with E-state index >= 15 is 0 Å². The Balaban J connectivity index is 1.16. The molecule has 2 atom stereocenters. The molecular weight excluding hydrogens is 510 g/mol. The van der Waals surface area contributed by atoms with Crippen LogP contribution in [0.3, 0.4) is 0 Å². The topological polar surface area (TPSA) is 58.2 Å². The third-order valence-electron chi connectivity index (χ3n) is 7.14. The Labute approximate surface area is 234 Å². The summed E-state index contributed by atoms with van der Waals surface area (Å²) >= 11 is 1.72. The highest BCUT2D eigenvalue weighted by molar-refractivity contribution is 7.09. The van der Waals surface area contributed by atoms with Crippen LogP contribution in [0.2, 0.25) is 0 Å². The predicted molar refractivity (Wildman–Crippen MR) is 156 cm³/mol. The van der Waals surface area contributed by atoms with Crippen LogP contribution in [0.4, 0.5) is 0 Å². The van der Waals surface area contributed by atoms with Gasteiger partial charge in [-0.3, -0.25) is 0 Å². The van der Waals surface area contributed by atoms with Crippen LogP contribution in [0, 0.1) is 0 Å². The SMILES string of the molecule is COc1cc(COC2CNCCC2c2ccc(OCCCOCc3cccs3)cc2)cc2c(OC)cccc12. The number of methoxy groups -OCH3 is 2. The lowest BCUT2D eigenvalue weighted by atomic mass is 9.87. The first-order valence-electron chi connectivity index (χ1n) is 13.5. The van der Waals surface area contributed by atoms with E-state index in [1.54, 1.807) is 25.6 Å². The van der Waals surface area contributed by atoms with Crippen molar-refractivity contribution in [3.05, 3.63) is 88.1 Å². The van der Waals surface area contributed by atoms with Crippen LogP contribution in [-0.2, 0) is 22.7 Å². The quantitative estimate of drug-likeness (QED) is 0.191. The fourth-order valence-electron chi connectivity index (χ4n) is 5.13. The fourth-order valence-corrected chi connectivity index (χ4v) is 5.77. The van der Waals surface area contributed by atoms with Crippen molar-refractivity contribution in [1.82, 2.24) is 5.32 Å². The molecule has 1 aliphatic heterocycles. The second-order valence-electron chi connectivity index (χ2n) is 9.71. The molecule has 2 heterocycles. The molecule has 0 aliphatic carbocycles. The van der Waals surface area contributed by atoms with Crippen molar-refractivity contribution in [3.63, 3.8) is 0 Å². The number of rotatable bonds is 13. The zero-order valence-electron chi connectivity index (χ0n) is 22.7. The zero-order chi connectivity index (χ0) is 26.9. The van der Waals surface area contributed by atoms with Gasteiger partial charge in [0.15, 0.2) is 0 Å². The predicted octanol–water partition coefficient (Wildman–Crippen LogP) is 6.57. The van der Waals surface area contributed by atoms with E-state index in [-0.39, 0.29) is 6.10 Å². The van der Waals surface area contributed by atoms with Gasteiger partial charge in [-0.15, -0.1) is 11.3 Å². The standard InChI is InChI=1S/C32H37NO5S/c1-34-30-8-3-7-28-29(30)18-23(19-31(28)35-2)21-38-32-20-33-14-13-27(32)24-9-11-25(12-10-24)37-16-5-15-36-22-26-6-4-17-39-26/h3-4,6-12,17-19,27,32-33H,5,13-16,20-22H2,1-2H3. The number of benzene rings is 3. The Morgan fingerprint density at radius 1 is 0.872 bits per heavy atom. The third kappa shape index (κ3) is 7.11. The van der Waals surface area contributed by atoms with E-state index in [0.29, 0.717) is 32.3 Å². The lowest BCUT2D eigenvalue weighted by Crippen LogP contribution is -2.40. The van der Waals surface area contributed by atoms with E-state index in [1.165, 1.54) is 10.4 Å². The number of hydrogen-bond donors (Lipinski definition) is 1. The second kappa shape index (κ2) is 13.8. The van der Waals surface area contributed by atoms with Gasteiger partial charge in [-0.05, 0) is 65.9 Å². The number of hydrogen-bond acceptors (Lipinski definition) is 7. The van der Waals surface area contributed by atoms with Crippen LogP contribution in [-0.4, -0.2) is 46.6 Å². The monoisotopic (exact) mass is 547 g/mol. The van der Waals surface area contributed by atoms with Crippen molar-refractivity contribution >= 4 is 22.1 Å². The zero-order valence-corrected chi connectivity index (χ0v) is 23.5. The summed E-state index contributed by atoms with van der Waals surface area (Å²) in [5.74, 6) is 2.87. The molecule has 1 N–H and O–H groups in total. The van der Waals surface area contributed by atoms with Gasteiger partial charge in [0.2, 0.25) is 0 Å². The maximum Gasteiger partial charge on any atom is 0.127 e. The number of nitrogens with one attached hydrogen (secondary N) is 1. The third-order valence-corrected chi connectivity index (χ3v) is 7.99. The van der Waals surface area contributed by atoms with Gasteiger partial charge in [0.1, 0.15) is 17.2 Å². The highest BCUT2D eigenvalue weighted by Gasteiger charge is 2.27. The number of fused-ring (bicyclic) bond motifs is 1. The van der Waals surface area contributed by atoms with Crippen LogP contribution >= 0.6 is 11.3 Å². The van der Waals surface area contributed by atoms with Crippen molar-refractivity contribution in [2.24, 2.45) is 0 Å². The minimum Gasteiger partial charge on any atom is -0.496 e. The van der Waals surface area contributed by atoms with E-state index in [2.05, 4.69) is 59.2 Å². The molecule has 5 rings (SSSR count). The van der Waals surface area contributed by atoms with Crippen LogP contribution in [0.15, 0.2) is 72.1 Å². The van der Waals surface area contributed by atoms with E-state index < -0.39 is 0 Å². The Kier molecular flexibility index (Phi) is 9.72. The van der Waals surface area contributed by atoms with Gasteiger partial charge < -0.3 is 29.0 Å². The largest absolute Gasteiger partial charge is 0.496 e. The lowest BCUT2D eigenvalue weighted by molar-refractivity contribution is 0.0106. The Morgan fingerprint density at radius 3 is 2.54 bits per heavy atom. The molecule has 1 aliphatic rings. The minimum atomic E-state index is 0.0744. The Morgan fingerprint density at radius 2 is 1.74 bits per heavy atom. The molecule has 1 fully saturated rings. The van der Waals surface area contributed by atoms with Gasteiger partial charge in [-0.25, -0.2) is 0 Å². The average Bonchev–Trinajstić information content (AvgIpc) is 3.51. The van der Waals surface area contributed by atoms with Crippen LogP contribution in [0.5, 0.6) is 17.2 Å². The summed E-state index contributed by atoms with van der Waals surface area (Å²) in [6, 6.07) is 22.9. The maximum absolute atomic E-state index is 6.51. The van der Waals surface area contributed by atoms with E-state index in [0.717, 1.165) is 59.5 Å². The average molecular weight is 548 g/mol. The molecule has 4 aromatic rings. The fraction of sp³-hybridized carbons (Fsp3) is 0.375. The molecule has 0 saturated carbocycles. The van der Waals surface area contributed by atoms with Crippen molar-refractivity contribution in [2.75, 3.05) is 40.5 Å². The minimum absolute atomic E-state index is 0.0744. The van der Waals surface area contributed by atoms with Gasteiger partial charge in [-0.2, -0.15) is 0 Å². The first kappa shape index (κ1) is 27.5. The van der Waals surface area contributed by atoms with Crippen molar-refractivity contribution in [2.45, 2.75) is 38.1 Å². The summed E-state index contributed by atoms with van der Waals surface area (Å²) in [6.45, 7) is 4.32. The molecule has 0 amide bonds. The summed E-state index contributed by atoms with van der Waals surface area (Å²) < 4.78 is 29.5.